The Morgan fingerprint density at radius 1 is 1.22 bits per heavy atom. The number of hydrogen-bond acceptors (Lipinski definition) is 4. The van der Waals surface area contributed by atoms with Gasteiger partial charge in [0.15, 0.2) is 5.96 Å². The van der Waals surface area contributed by atoms with Gasteiger partial charge in [0, 0.05) is 25.4 Å². The van der Waals surface area contributed by atoms with E-state index < -0.39 is 11.7 Å². The SMILES string of the molecule is CN=C(NCCOc1ccccc1C(F)(F)F)NCCc1csc(C)n1.I. The number of hydrogen-bond donors (Lipinski definition) is 2. The number of guanidine groups is 1. The van der Waals surface area contributed by atoms with Gasteiger partial charge in [-0.1, -0.05) is 12.1 Å². The Morgan fingerprint density at radius 3 is 2.56 bits per heavy atom. The van der Waals surface area contributed by atoms with E-state index >= 15 is 0 Å². The molecule has 27 heavy (non-hydrogen) atoms. The third-order valence-electron chi connectivity index (χ3n) is 3.41. The number of para-hydroxylation sites is 1. The minimum Gasteiger partial charge on any atom is -0.491 e. The van der Waals surface area contributed by atoms with Gasteiger partial charge in [-0.3, -0.25) is 4.99 Å². The van der Waals surface area contributed by atoms with E-state index in [2.05, 4.69) is 20.6 Å². The van der Waals surface area contributed by atoms with Gasteiger partial charge in [0.05, 0.1) is 22.8 Å². The second kappa shape index (κ2) is 11.3. The Balaban J connectivity index is 0.00000364. The summed E-state index contributed by atoms with van der Waals surface area (Å²) in [6.07, 6.45) is -3.67. The molecule has 0 unspecified atom stereocenters. The molecule has 150 valence electrons. The second-order valence-electron chi connectivity index (χ2n) is 5.38. The lowest BCUT2D eigenvalue weighted by atomic mass is 10.2. The smallest absolute Gasteiger partial charge is 0.419 e. The maximum absolute atomic E-state index is 12.9. The lowest BCUT2D eigenvalue weighted by Gasteiger charge is -2.15. The Kier molecular flexibility index (Phi) is 9.84. The summed E-state index contributed by atoms with van der Waals surface area (Å²) in [6, 6.07) is 5.16. The number of aromatic nitrogens is 1. The molecule has 0 bridgehead atoms. The van der Waals surface area contributed by atoms with Crippen molar-refractivity contribution in [1.29, 1.82) is 0 Å². The molecule has 0 saturated heterocycles. The average molecular weight is 514 g/mol. The number of ether oxygens (including phenoxy) is 1. The zero-order valence-electron chi connectivity index (χ0n) is 15.0. The molecule has 0 aliphatic carbocycles. The Labute approximate surface area is 177 Å². The van der Waals surface area contributed by atoms with E-state index in [4.69, 9.17) is 4.74 Å². The summed E-state index contributed by atoms with van der Waals surface area (Å²) >= 11 is 1.61. The van der Waals surface area contributed by atoms with Gasteiger partial charge in [-0.15, -0.1) is 35.3 Å². The predicted molar refractivity (Wildman–Crippen MR) is 112 cm³/mol. The monoisotopic (exact) mass is 514 g/mol. The topological polar surface area (TPSA) is 58.5 Å². The van der Waals surface area contributed by atoms with Crippen LogP contribution >= 0.6 is 35.3 Å². The standard InChI is InChI=1S/C17H21F3N4OS.HI/c1-12-24-13(11-26-12)7-8-22-16(21-2)23-9-10-25-15-6-4-3-5-14(15)17(18,19)20;/h3-6,11H,7-10H2,1-2H3,(H2,21,22,23);1H. The zero-order valence-corrected chi connectivity index (χ0v) is 18.1. The van der Waals surface area contributed by atoms with Crippen LogP contribution in [0.3, 0.4) is 0 Å². The number of nitrogens with one attached hydrogen (secondary N) is 2. The largest absolute Gasteiger partial charge is 0.491 e. The second-order valence-corrected chi connectivity index (χ2v) is 6.44. The summed E-state index contributed by atoms with van der Waals surface area (Å²) < 4.78 is 43.9. The van der Waals surface area contributed by atoms with Gasteiger partial charge < -0.3 is 15.4 Å². The molecular formula is C17H22F3IN4OS. The van der Waals surface area contributed by atoms with Crippen LogP contribution in [-0.4, -0.2) is 37.7 Å². The molecule has 1 aromatic carbocycles. The molecule has 0 saturated carbocycles. The van der Waals surface area contributed by atoms with Crippen molar-refractivity contribution in [3.63, 3.8) is 0 Å². The Morgan fingerprint density at radius 2 is 1.93 bits per heavy atom. The van der Waals surface area contributed by atoms with Gasteiger partial charge >= 0.3 is 6.18 Å². The molecule has 5 nitrogen and oxygen atoms in total. The van der Waals surface area contributed by atoms with E-state index in [1.807, 2.05) is 12.3 Å². The summed E-state index contributed by atoms with van der Waals surface area (Å²) in [7, 11) is 1.63. The number of halogens is 4. The highest BCUT2D eigenvalue weighted by Crippen LogP contribution is 2.35. The van der Waals surface area contributed by atoms with Crippen LogP contribution in [0.15, 0.2) is 34.6 Å². The highest BCUT2D eigenvalue weighted by Gasteiger charge is 2.33. The molecule has 0 atom stereocenters. The molecule has 0 aliphatic rings. The maximum atomic E-state index is 12.9. The van der Waals surface area contributed by atoms with Crippen LogP contribution in [0.25, 0.3) is 0 Å². The Bertz CT molecular complexity index is 737. The molecule has 1 heterocycles. The van der Waals surface area contributed by atoms with Crippen LogP contribution < -0.4 is 15.4 Å². The van der Waals surface area contributed by atoms with Gasteiger partial charge in [-0.05, 0) is 19.1 Å². The van der Waals surface area contributed by atoms with Crippen LogP contribution in [0.1, 0.15) is 16.3 Å². The third-order valence-corrected chi connectivity index (χ3v) is 4.23. The highest BCUT2D eigenvalue weighted by atomic mass is 127. The number of thiazole rings is 1. The predicted octanol–water partition coefficient (Wildman–Crippen LogP) is 3.87. The first-order valence-electron chi connectivity index (χ1n) is 8.04. The van der Waals surface area contributed by atoms with Gasteiger partial charge in [0.25, 0.3) is 0 Å². The highest BCUT2D eigenvalue weighted by molar-refractivity contribution is 14.0. The summed E-state index contributed by atoms with van der Waals surface area (Å²) in [5.74, 6) is 0.383. The van der Waals surface area contributed by atoms with Crippen LogP contribution in [0.4, 0.5) is 13.2 Å². The zero-order chi connectivity index (χ0) is 19.0. The van der Waals surface area contributed by atoms with E-state index in [9.17, 15) is 13.2 Å². The number of alkyl halides is 3. The van der Waals surface area contributed by atoms with Crippen molar-refractivity contribution in [1.82, 2.24) is 15.6 Å². The van der Waals surface area contributed by atoms with Crippen molar-refractivity contribution < 1.29 is 17.9 Å². The molecule has 0 amide bonds. The van der Waals surface area contributed by atoms with Crippen molar-refractivity contribution in [3.8, 4) is 5.75 Å². The molecule has 0 radical (unpaired) electrons. The minimum absolute atomic E-state index is 0. The van der Waals surface area contributed by atoms with Crippen molar-refractivity contribution in [2.75, 3.05) is 26.7 Å². The fraction of sp³-hybridized carbons (Fsp3) is 0.412. The molecular weight excluding hydrogens is 492 g/mol. The van der Waals surface area contributed by atoms with E-state index in [1.54, 1.807) is 18.4 Å². The first kappa shape index (κ1) is 23.5. The van der Waals surface area contributed by atoms with Gasteiger partial charge in [0.2, 0.25) is 0 Å². The minimum atomic E-state index is -4.43. The maximum Gasteiger partial charge on any atom is 0.419 e. The molecule has 0 spiro atoms. The van der Waals surface area contributed by atoms with E-state index in [0.29, 0.717) is 19.0 Å². The van der Waals surface area contributed by atoms with Crippen LogP contribution in [0, 0.1) is 6.92 Å². The lowest BCUT2D eigenvalue weighted by Crippen LogP contribution is -2.40. The summed E-state index contributed by atoms with van der Waals surface area (Å²) in [4.78, 5) is 8.44. The van der Waals surface area contributed by atoms with Gasteiger partial charge in [0.1, 0.15) is 12.4 Å². The molecule has 0 aliphatic heterocycles. The number of aliphatic imine (C=N–C) groups is 1. The quantitative estimate of drug-likeness (QED) is 0.255. The normalized spacial score (nSPS) is 11.7. The fourth-order valence-corrected chi connectivity index (χ4v) is 2.86. The molecule has 0 fully saturated rings. The molecule has 2 rings (SSSR count). The van der Waals surface area contributed by atoms with E-state index in [-0.39, 0.29) is 36.3 Å². The van der Waals surface area contributed by atoms with Gasteiger partial charge in [-0.25, -0.2) is 4.98 Å². The fourth-order valence-electron chi connectivity index (χ4n) is 2.21. The van der Waals surface area contributed by atoms with E-state index in [1.165, 1.54) is 18.2 Å². The molecule has 2 N–H and O–H groups in total. The summed E-state index contributed by atoms with van der Waals surface area (Å²) in [5.41, 5.74) is 0.239. The first-order chi connectivity index (χ1) is 12.4. The number of aryl methyl sites for hydroxylation is 1. The van der Waals surface area contributed by atoms with E-state index in [0.717, 1.165) is 23.2 Å². The summed E-state index contributed by atoms with van der Waals surface area (Å²) in [6.45, 7) is 3.01. The van der Waals surface area contributed by atoms with Crippen molar-refractivity contribution >= 4 is 41.3 Å². The average Bonchev–Trinajstić information content (AvgIpc) is 3.01. The third kappa shape index (κ3) is 7.91. The Hall–Kier alpha value is -1.56. The van der Waals surface area contributed by atoms with Crippen molar-refractivity contribution in [2.45, 2.75) is 19.5 Å². The van der Waals surface area contributed by atoms with Gasteiger partial charge in [-0.2, -0.15) is 13.2 Å². The van der Waals surface area contributed by atoms with Crippen molar-refractivity contribution in [2.24, 2.45) is 4.99 Å². The molecule has 1 aromatic heterocycles. The first-order valence-corrected chi connectivity index (χ1v) is 8.92. The number of benzene rings is 1. The van der Waals surface area contributed by atoms with Crippen LogP contribution in [0.2, 0.25) is 0 Å². The lowest BCUT2D eigenvalue weighted by molar-refractivity contribution is -0.138. The molecule has 10 heteroatoms. The van der Waals surface area contributed by atoms with Crippen LogP contribution in [-0.2, 0) is 12.6 Å². The number of rotatable bonds is 7. The van der Waals surface area contributed by atoms with Crippen molar-refractivity contribution in [3.05, 3.63) is 45.9 Å². The molecule has 2 aromatic rings. The van der Waals surface area contributed by atoms with Crippen LogP contribution in [0.5, 0.6) is 5.75 Å². The summed E-state index contributed by atoms with van der Waals surface area (Å²) in [5, 5.41) is 9.17. The number of nitrogens with zero attached hydrogens (tertiary/aromatic N) is 2.